The second kappa shape index (κ2) is 7.68. The number of carbonyl (C=O) groups excluding carboxylic acids is 2. The van der Waals surface area contributed by atoms with Crippen LogP contribution in [0.1, 0.15) is 28.3 Å². The standard InChI is InChI=1S/C24H19FN2O4/c1-13-5-8-19(28)18(10-13)27-21(16-4-3-9-26-12-16)20(23(30)24(27)31)22(29)15-6-7-17(25)14(2)11-15/h3-12,21,28-29H,1-2H3/b22-20-. The highest BCUT2D eigenvalue weighted by Gasteiger charge is 2.47. The zero-order valence-electron chi connectivity index (χ0n) is 16.8. The molecule has 31 heavy (non-hydrogen) atoms. The minimum Gasteiger partial charge on any atom is -0.507 e. The average molecular weight is 418 g/mol. The van der Waals surface area contributed by atoms with Crippen LogP contribution in [0.2, 0.25) is 0 Å². The number of benzene rings is 2. The van der Waals surface area contributed by atoms with Gasteiger partial charge in [0.25, 0.3) is 11.7 Å². The van der Waals surface area contributed by atoms with Gasteiger partial charge in [0.2, 0.25) is 0 Å². The van der Waals surface area contributed by atoms with Crippen LogP contribution in [0.25, 0.3) is 5.76 Å². The molecule has 2 aromatic carbocycles. The lowest BCUT2D eigenvalue weighted by atomic mass is 9.95. The van der Waals surface area contributed by atoms with Crippen LogP contribution < -0.4 is 4.90 Å². The molecule has 0 aliphatic carbocycles. The third-order valence-electron chi connectivity index (χ3n) is 5.27. The van der Waals surface area contributed by atoms with Crippen molar-refractivity contribution in [2.45, 2.75) is 19.9 Å². The van der Waals surface area contributed by atoms with Gasteiger partial charge in [0.05, 0.1) is 17.3 Å². The molecule has 6 nitrogen and oxygen atoms in total. The second-order valence-electron chi connectivity index (χ2n) is 7.41. The molecule has 1 fully saturated rings. The molecule has 1 unspecified atom stereocenters. The number of hydrogen-bond acceptors (Lipinski definition) is 5. The predicted octanol–water partition coefficient (Wildman–Crippen LogP) is 4.17. The number of ketones is 1. The van der Waals surface area contributed by atoms with Crippen molar-refractivity contribution >= 4 is 23.1 Å². The van der Waals surface area contributed by atoms with Crippen LogP contribution in [0, 0.1) is 19.7 Å². The molecule has 0 saturated carbocycles. The SMILES string of the molecule is Cc1ccc(O)c(N2C(=O)C(=O)/C(=C(\O)c3ccc(F)c(C)c3)C2c2cccnc2)c1. The molecule has 1 aliphatic rings. The highest BCUT2D eigenvalue weighted by atomic mass is 19.1. The van der Waals surface area contributed by atoms with Gasteiger partial charge in [-0.1, -0.05) is 12.1 Å². The maximum Gasteiger partial charge on any atom is 0.300 e. The molecule has 0 spiro atoms. The molecule has 2 heterocycles. The van der Waals surface area contributed by atoms with Gasteiger partial charge < -0.3 is 10.2 Å². The minimum atomic E-state index is -1.02. The van der Waals surface area contributed by atoms with E-state index < -0.39 is 29.3 Å². The Balaban J connectivity index is 1.98. The number of aromatic nitrogens is 1. The summed E-state index contributed by atoms with van der Waals surface area (Å²) in [5.41, 5.74) is 1.72. The molecule has 156 valence electrons. The van der Waals surface area contributed by atoms with Crippen molar-refractivity contribution in [3.63, 3.8) is 0 Å². The lowest BCUT2D eigenvalue weighted by Gasteiger charge is -2.26. The molecular weight excluding hydrogens is 399 g/mol. The Labute approximate surface area is 177 Å². The van der Waals surface area contributed by atoms with E-state index in [0.29, 0.717) is 5.56 Å². The molecular formula is C24H19FN2O4. The number of pyridine rings is 1. The van der Waals surface area contributed by atoms with E-state index in [-0.39, 0.29) is 28.1 Å². The third kappa shape index (κ3) is 3.44. The molecule has 1 saturated heterocycles. The van der Waals surface area contributed by atoms with Gasteiger partial charge in [-0.2, -0.15) is 0 Å². The first kappa shape index (κ1) is 20.3. The van der Waals surface area contributed by atoms with Crippen molar-refractivity contribution < 1.29 is 24.2 Å². The van der Waals surface area contributed by atoms with Crippen molar-refractivity contribution in [3.8, 4) is 5.75 Å². The normalized spacial score (nSPS) is 17.9. The first-order valence-corrected chi connectivity index (χ1v) is 9.56. The van der Waals surface area contributed by atoms with Crippen LogP contribution in [0.5, 0.6) is 5.75 Å². The summed E-state index contributed by atoms with van der Waals surface area (Å²) in [7, 11) is 0. The highest BCUT2D eigenvalue weighted by molar-refractivity contribution is 6.51. The summed E-state index contributed by atoms with van der Waals surface area (Å²) >= 11 is 0. The summed E-state index contributed by atoms with van der Waals surface area (Å²) in [6.07, 6.45) is 3.03. The van der Waals surface area contributed by atoms with Crippen molar-refractivity contribution in [2.75, 3.05) is 4.90 Å². The zero-order chi connectivity index (χ0) is 22.3. The van der Waals surface area contributed by atoms with E-state index in [2.05, 4.69) is 4.98 Å². The van der Waals surface area contributed by atoms with Crippen LogP contribution in [0.3, 0.4) is 0 Å². The van der Waals surface area contributed by atoms with Crippen LogP contribution in [0.4, 0.5) is 10.1 Å². The number of nitrogens with zero attached hydrogens (tertiary/aromatic N) is 2. The van der Waals surface area contributed by atoms with Crippen LogP contribution in [-0.4, -0.2) is 26.9 Å². The number of aliphatic hydroxyl groups is 1. The third-order valence-corrected chi connectivity index (χ3v) is 5.27. The minimum absolute atomic E-state index is 0.144. The number of aromatic hydroxyl groups is 1. The van der Waals surface area contributed by atoms with Gasteiger partial charge in [-0.25, -0.2) is 4.39 Å². The topological polar surface area (TPSA) is 90.7 Å². The maximum absolute atomic E-state index is 13.7. The maximum atomic E-state index is 13.7. The largest absolute Gasteiger partial charge is 0.507 e. The monoisotopic (exact) mass is 418 g/mol. The summed E-state index contributed by atoms with van der Waals surface area (Å²) in [4.78, 5) is 31.3. The van der Waals surface area contributed by atoms with Gasteiger partial charge in [0, 0.05) is 18.0 Å². The molecule has 2 N–H and O–H groups in total. The van der Waals surface area contributed by atoms with Crippen LogP contribution in [0.15, 0.2) is 66.5 Å². The Bertz CT molecular complexity index is 1240. The first-order valence-electron chi connectivity index (χ1n) is 9.56. The fraction of sp³-hybridized carbons (Fsp3) is 0.125. The number of carbonyl (C=O) groups is 2. The Hall–Kier alpha value is -4.00. The van der Waals surface area contributed by atoms with Crippen LogP contribution in [-0.2, 0) is 9.59 Å². The molecule has 7 heteroatoms. The second-order valence-corrected chi connectivity index (χ2v) is 7.41. The number of anilines is 1. The van der Waals surface area contributed by atoms with E-state index in [1.807, 2.05) is 0 Å². The summed E-state index contributed by atoms with van der Waals surface area (Å²) in [5.74, 6) is -2.86. The number of amides is 1. The fourth-order valence-electron chi connectivity index (χ4n) is 3.71. The number of halogens is 1. The highest BCUT2D eigenvalue weighted by Crippen LogP contribution is 2.44. The van der Waals surface area contributed by atoms with Crippen molar-refractivity contribution in [1.29, 1.82) is 0 Å². The summed E-state index contributed by atoms with van der Waals surface area (Å²) in [6.45, 7) is 3.33. The summed E-state index contributed by atoms with van der Waals surface area (Å²) in [5, 5.41) is 21.5. The number of rotatable bonds is 3. The lowest BCUT2D eigenvalue weighted by Crippen LogP contribution is -2.29. The van der Waals surface area contributed by atoms with Gasteiger partial charge >= 0.3 is 0 Å². The van der Waals surface area contributed by atoms with Crippen molar-refractivity contribution in [1.82, 2.24) is 4.98 Å². The van der Waals surface area contributed by atoms with Gasteiger partial charge in [0.1, 0.15) is 17.3 Å². The van der Waals surface area contributed by atoms with Crippen LogP contribution >= 0.6 is 0 Å². The number of aliphatic hydroxyl groups excluding tert-OH is 1. The van der Waals surface area contributed by atoms with Gasteiger partial charge in [-0.05, 0) is 66.9 Å². The molecule has 1 amide bonds. The van der Waals surface area contributed by atoms with Crippen molar-refractivity contribution in [3.05, 3.63) is 94.6 Å². The van der Waals surface area contributed by atoms with Gasteiger partial charge in [0.15, 0.2) is 0 Å². The molecule has 4 rings (SSSR count). The van der Waals surface area contributed by atoms with Gasteiger partial charge in [-0.15, -0.1) is 0 Å². The Kier molecular flexibility index (Phi) is 5.02. The molecule has 3 aromatic rings. The smallest absolute Gasteiger partial charge is 0.300 e. The Morgan fingerprint density at radius 2 is 1.87 bits per heavy atom. The predicted molar refractivity (Wildman–Crippen MR) is 113 cm³/mol. The quantitative estimate of drug-likeness (QED) is 0.379. The number of phenolic OH excluding ortho intramolecular Hbond substituents is 1. The summed E-state index contributed by atoms with van der Waals surface area (Å²) < 4.78 is 13.7. The number of phenols is 1. The van der Waals surface area contributed by atoms with E-state index >= 15 is 0 Å². The van der Waals surface area contributed by atoms with E-state index in [4.69, 9.17) is 0 Å². The zero-order valence-corrected chi connectivity index (χ0v) is 16.8. The lowest BCUT2D eigenvalue weighted by molar-refractivity contribution is -0.132. The molecule has 0 radical (unpaired) electrons. The van der Waals surface area contributed by atoms with E-state index in [1.165, 1.54) is 37.4 Å². The number of aryl methyl sites for hydroxylation is 2. The van der Waals surface area contributed by atoms with Crippen molar-refractivity contribution in [2.24, 2.45) is 0 Å². The molecule has 0 bridgehead atoms. The summed E-state index contributed by atoms with van der Waals surface area (Å²) in [6, 6.07) is 10.9. The molecule has 1 aliphatic heterocycles. The average Bonchev–Trinajstić information content (AvgIpc) is 3.02. The van der Waals surface area contributed by atoms with E-state index in [1.54, 1.807) is 37.4 Å². The molecule has 1 aromatic heterocycles. The Morgan fingerprint density at radius 1 is 1.10 bits per heavy atom. The van der Waals surface area contributed by atoms with E-state index in [9.17, 15) is 24.2 Å². The molecule has 1 atom stereocenters. The fourth-order valence-corrected chi connectivity index (χ4v) is 3.71. The Morgan fingerprint density at radius 3 is 2.55 bits per heavy atom. The first-order chi connectivity index (χ1) is 14.8. The van der Waals surface area contributed by atoms with Gasteiger partial charge in [-0.3, -0.25) is 19.5 Å². The number of Topliss-reactive ketones (excluding diaryl/α,β-unsaturated/α-hetero) is 1. The van der Waals surface area contributed by atoms with E-state index in [0.717, 1.165) is 10.5 Å². The number of hydrogen-bond donors (Lipinski definition) is 2.